The molecule has 27 heavy (non-hydrogen) atoms. The lowest BCUT2D eigenvalue weighted by Gasteiger charge is -2.15. The quantitative estimate of drug-likeness (QED) is 0.329. The number of halogens is 1. The molecule has 1 unspecified atom stereocenters. The molecule has 1 fully saturated rings. The lowest BCUT2D eigenvalue weighted by Crippen LogP contribution is -2.37. The number of hydrogen-bond donors (Lipinski definition) is 2. The molecule has 1 aromatic carbocycles. The monoisotopic (exact) mass is 443 g/mol. The molecular formula is C19H30BrN3O4. The highest BCUT2D eigenvalue weighted by molar-refractivity contribution is 9.10. The number of benzene rings is 1. The molecule has 0 bridgehead atoms. The van der Waals surface area contributed by atoms with Gasteiger partial charge in [-0.15, -0.1) is 0 Å². The zero-order valence-corrected chi connectivity index (χ0v) is 17.9. The predicted molar refractivity (Wildman–Crippen MR) is 110 cm³/mol. The van der Waals surface area contributed by atoms with E-state index in [0.717, 1.165) is 48.4 Å². The van der Waals surface area contributed by atoms with E-state index >= 15 is 0 Å². The van der Waals surface area contributed by atoms with Crippen molar-refractivity contribution >= 4 is 21.9 Å². The standard InChI is InChI=1S/C19H30BrN3O4/c1-21-19(22-7-5-8-26-13-15-6-4-9-27-15)23-12-14-10-16(20)18(25-3)17(11-14)24-2/h10-11,15H,4-9,12-13H2,1-3H3,(H2,21,22,23). The van der Waals surface area contributed by atoms with Gasteiger partial charge in [0.15, 0.2) is 17.5 Å². The summed E-state index contributed by atoms with van der Waals surface area (Å²) >= 11 is 3.51. The fourth-order valence-corrected chi connectivity index (χ4v) is 3.50. The smallest absolute Gasteiger partial charge is 0.191 e. The van der Waals surface area contributed by atoms with E-state index in [9.17, 15) is 0 Å². The Labute approximate surface area is 169 Å². The highest BCUT2D eigenvalue weighted by Gasteiger charge is 2.15. The van der Waals surface area contributed by atoms with Gasteiger partial charge in [-0.3, -0.25) is 4.99 Å². The fourth-order valence-electron chi connectivity index (χ4n) is 2.85. The molecule has 0 spiro atoms. The van der Waals surface area contributed by atoms with Crippen LogP contribution in [0.1, 0.15) is 24.8 Å². The van der Waals surface area contributed by atoms with Crippen LogP contribution in [0.15, 0.2) is 21.6 Å². The molecule has 1 heterocycles. The third-order valence-electron chi connectivity index (χ3n) is 4.26. The summed E-state index contributed by atoms with van der Waals surface area (Å²) in [6.07, 6.45) is 3.46. The van der Waals surface area contributed by atoms with Crippen LogP contribution in [0.2, 0.25) is 0 Å². The Balaban J connectivity index is 1.68. The predicted octanol–water partition coefficient (Wildman–Crippen LogP) is 2.72. The molecule has 152 valence electrons. The van der Waals surface area contributed by atoms with Gasteiger partial charge in [0.1, 0.15) is 0 Å². The minimum Gasteiger partial charge on any atom is -0.493 e. The number of guanidine groups is 1. The van der Waals surface area contributed by atoms with E-state index in [1.165, 1.54) is 0 Å². The van der Waals surface area contributed by atoms with Crippen LogP contribution in [0.25, 0.3) is 0 Å². The first-order valence-electron chi connectivity index (χ1n) is 9.22. The van der Waals surface area contributed by atoms with E-state index in [4.69, 9.17) is 18.9 Å². The van der Waals surface area contributed by atoms with Crippen molar-refractivity contribution in [2.24, 2.45) is 4.99 Å². The maximum Gasteiger partial charge on any atom is 0.191 e. The van der Waals surface area contributed by atoms with E-state index in [1.54, 1.807) is 21.3 Å². The third kappa shape index (κ3) is 7.20. The number of nitrogens with one attached hydrogen (secondary N) is 2. The molecule has 1 aliphatic heterocycles. The van der Waals surface area contributed by atoms with Crippen molar-refractivity contribution in [2.75, 3.05) is 47.6 Å². The number of nitrogens with zero attached hydrogens (tertiary/aromatic N) is 1. The summed E-state index contributed by atoms with van der Waals surface area (Å²) in [5.74, 6) is 2.13. The van der Waals surface area contributed by atoms with Gasteiger partial charge in [0.2, 0.25) is 0 Å². The number of rotatable bonds is 10. The summed E-state index contributed by atoms with van der Waals surface area (Å²) < 4.78 is 22.8. The second-order valence-corrected chi connectivity index (χ2v) is 7.08. The SMILES string of the molecule is CN=C(NCCCOCC1CCCO1)NCc1cc(Br)c(OC)c(OC)c1. The average Bonchev–Trinajstić information content (AvgIpc) is 3.19. The van der Waals surface area contributed by atoms with Crippen LogP contribution in [0.3, 0.4) is 0 Å². The molecule has 1 aromatic rings. The van der Waals surface area contributed by atoms with Gasteiger partial charge in [-0.05, 0) is 52.9 Å². The van der Waals surface area contributed by atoms with Gasteiger partial charge in [-0.2, -0.15) is 0 Å². The summed E-state index contributed by atoms with van der Waals surface area (Å²) in [7, 11) is 5.01. The van der Waals surface area contributed by atoms with E-state index in [0.29, 0.717) is 31.3 Å². The second kappa shape index (κ2) is 12.0. The number of methoxy groups -OCH3 is 2. The van der Waals surface area contributed by atoms with Crippen LogP contribution < -0.4 is 20.1 Å². The first kappa shape index (κ1) is 21.8. The molecule has 2 N–H and O–H groups in total. The number of aliphatic imine (C=N–C) groups is 1. The zero-order chi connectivity index (χ0) is 19.5. The number of hydrogen-bond acceptors (Lipinski definition) is 5. The molecule has 2 rings (SSSR count). The van der Waals surface area contributed by atoms with Gasteiger partial charge in [-0.25, -0.2) is 0 Å². The second-order valence-electron chi connectivity index (χ2n) is 6.23. The molecule has 0 radical (unpaired) electrons. The van der Waals surface area contributed by atoms with Crippen LogP contribution in [0.5, 0.6) is 11.5 Å². The van der Waals surface area contributed by atoms with E-state index in [2.05, 4.69) is 31.6 Å². The molecule has 0 amide bonds. The summed E-state index contributed by atoms with van der Waals surface area (Å²) in [4.78, 5) is 4.25. The van der Waals surface area contributed by atoms with Crippen LogP contribution >= 0.6 is 15.9 Å². The van der Waals surface area contributed by atoms with E-state index in [-0.39, 0.29) is 6.10 Å². The van der Waals surface area contributed by atoms with E-state index < -0.39 is 0 Å². The Morgan fingerprint density at radius 3 is 2.81 bits per heavy atom. The van der Waals surface area contributed by atoms with Gasteiger partial charge >= 0.3 is 0 Å². The summed E-state index contributed by atoms with van der Waals surface area (Å²) in [6.45, 7) is 3.69. The van der Waals surface area contributed by atoms with E-state index in [1.807, 2.05) is 12.1 Å². The molecule has 0 aromatic heterocycles. The molecular weight excluding hydrogens is 414 g/mol. The molecule has 0 saturated carbocycles. The van der Waals surface area contributed by atoms with Crippen LogP contribution in [-0.2, 0) is 16.0 Å². The van der Waals surface area contributed by atoms with Gasteiger partial charge in [0.25, 0.3) is 0 Å². The van der Waals surface area contributed by atoms with Crippen molar-refractivity contribution < 1.29 is 18.9 Å². The fraction of sp³-hybridized carbons (Fsp3) is 0.632. The van der Waals surface area contributed by atoms with Crippen molar-refractivity contribution in [1.29, 1.82) is 0 Å². The van der Waals surface area contributed by atoms with Crippen LogP contribution in [-0.4, -0.2) is 59.7 Å². The lowest BCUT2D eigenvalue weighted by atomic mass is 10.2. The van der Waals surface area contributed by atoms with Crippen molar-refractivity contribution in [3.63, 3.8) is 0 Å². The Bertz CT molecular complexity index is 607. The van der Waals surface area contributed by atoms with Crippen molar-refractivity contribution in [2.45, 2.75) is 31.9 Å². The first-order valence-corrected chi connectivity index (χ1v) is 10.0. The van der Waals surface area contributed by atoms with Crippen molar-refractivity contribution in [3.8, 4) is 11.5 Å². The highest BCUT2D eigenvalue weighted by Crippen LogP contribution is 2.36. The minimum atomic E-state index is 0.285. The Morgan fingerprint density at radius 1 is 1.30 bits per heavy atom. The minimum absolute atomic E-state index is 0.285. The maximum atomic E-state index is 5.67. The third-order valence-corrected chi connectivity index (χ3v) is 4.85. The Morgan fingerprint density at radius 2 is 2.15 bits per heavy atom. The normalized spacial score (nSPS) is 17.0. The molecule has 0 aliphatic carbocycles. The zero-order valence-electron chi connectivity index (χ0n) is 16.3. The first-order chi connectivity index (χ1) is 13.2. The lowest BCUT2D eigenvalue weighted by molar-refractivity contribution is 0.0168. The van der Waals surface area contributed by atoms with Crippen molar-refractivity contribution in [3.05, 3.63) is 22.2 Å². The molecule has 7 nitrogen and oxygen atoms in total. The molecule has 1 atom stereocenters. The number of ether oxygens (including phenoxy) is 4. The largest absolute Gasteiger partial charge is 0.493 e. The molecule has 8 heteroatoms. The van der Waals surface area contributed by atoms with Crippen LogP contribution in [0, 0.1) is 0 Å². The Hall–Kier alpha value is -1.51. The topological polar surface area (TPSA) is 73.3 Å². The maximum absolute atomic E-state index is 5.67. The van der Waals surface area contributed by atoms with Gasteiger partial charge < -0.3 is 29.6 Å². The average molecular weight is 444 g/mol. The molecule has 1 aliphatic rings. The van der Waals surface area contributed by atoms with Gasteiger partial charge in [-0.1, -0.05) is 0 Å². The van der Waals surface area contributed by atoms with Gasteiger partial charge in [0.05, 0.1) is 31.4 Å². The molecule has 1 saturated heterocycles. The summed E-state index contributed by atoms with van der Waals surface area (Å²) in [5.41, 5.74) is 1.06. The Kier molecular flexibility index (Phi) is 9.72. The summed E-state index contributed by atoms with van der Waals surface area (Å²) in [6, 6.07) is 3.95. The van der Waals surface area contributed by atoms with Gasteiger partial charge in [0, 0.05) is 33.4 Å². The van der Waals surface area contributed by atoms with Crippen molar-refractivity contribution in [1.82, 2.24) is 10.6 Å². The highest BCUT2D eigenvalue weighted by atomic mass is 79.9. The summed E-state index contributed by atoms with van der Waals surface area (Å²) in [5, 5.41) is 6.59. The van der Waals surface area contributed by atoms with Crippen LogP contribution in [0.4, 0.5) is 0 Å².